The lowest BCUT2D eigenvalue weighted by Gasteiger charge is -2.02. The highest BCUT2D eigenvalue weighted by Gasteiger charge is 2.01. The van der Waals surface area contributed by atoms with Crippen molar-refractivity contribution in [2.45, 2.75) is 6.92 Å². The topological polar surface area (TPSA) is 26.3 Å². The SMILES string of the molecule is Cc1cccc(Oc2csc(C=O)c2)c1. The lowest BCUT2D eigenvalue weighted by Crippen LogP contribution is -1.82. The van der Waals surface area contributed by atoms with E-state index >= 15 is 0 Å². The fourth-order valence-corrected chi connectivity index (χ4v) is 1.87. The molecule has 1 aromatic carbocycles. The molecule has 0 amide bonds. The summed E-state index contributed by atoms with van der Waals surface area (Å²) >= 11 is 1.38. The second kappa shape index (κ2) is 4.28. The molecule has 0 spiro atoms. The largest absolute Gasteiger partial charge is 0.456 e. The Balaban J connectivity index is 2.18. The van der Waals surface area contributed by atoms with Gasteiger partial charge in [0.1, 0.15) is 11.5 Å². The van der Waals surface area contributed by atoms with Crippen LogP contribution in [-0.2, 0) is 0 Å². The number of rotatable bonds is 3. The minimum absolute atomic E-state index is 0.678. The number of thiophene rings is 1. The standard InChI is InChI=1S/C12H10O2S/c1-9-3-2-4-10(5-9)14-11-6-12(7-13)15-8-11/h2-8H,1H3. The fourth-order valence-electron chi connectivity index (χ4n) is 1.26. The first-order chi connectivity index (χ1) is 7.28. The van der Waals surface area contributed by atoms with Crippen LogP contribution < -0.4 is 4.74 Å². The van der Waals surface area contributed by atoms with Crippen molar-refractivity contribution in [2.24, 2.45) is 0 Å². The van der Waals surface area contributed by atoms with E-state index in [0.29, 0.717) is 10.6 Å². The quantitative estimate of drug-likeness (QED) is 0.735. The van der Waals surface area contributed by atoms with Crippen LogP contribution in [0.5, 0.6) is 11.5 Å². The number of hydrogen-bond acceptors (Lipinski definition) is 3. The summed E-state index contributed by atoms with van der Waals surface area (Å²) in [5.41, 5.74) is 1.15. The molecule has 0 N–H and O–H groups in total. The zero-order valence-corrected chi connectivity index (χ0v) is 9.08. The number of aryl methyl sites for hydroxylation is 1. The summed E-state index contributed by atoms with van der Waals surface area (Å²) in [5.74, 6) is 1.51. The van der Waals surface area contributed by atoms with Crippen LogP contribution in [0, 0.1) is 6.92 Å². The van der Waals surface area contributed by atoms with Gasteiger partial charge in [0.2, 0.25) is 0 Å². The molecule has 2 nitrogen and oxygen atoms in total. The van der Waals surface area contributed by atoms with E-state index in [9.17, 15) is 4.79 Å². The first-order valence-electron chi connectivity index (χ1n) is 4.56. The van der Waals surface area contributed by atoms with Gasteiger partial charge >= 0.3 is 0 Å². The molecule has 0 bridgehead atoms. The van der Waals surface area contributed by atoms with Crippen molar-refractivity contribution in [1.82, 2.24) is 0 Å². The maximum absolute atomic E-state index is 10.5. The van der Waals surface area contributed by atoms with Gasteiger partial charge in [0.05, 0.1) is 4.88 Å². The van der Waals surface area contributed by atoms with Crippen LogP contribution in [0.4, 0.5) is 0 Å². The van der Waals surface area contributed by atoms with Crippen LogP contribution in [0.15, 0.2) is 35.7 Å². The molecule has 1 heterocycles. The van der Waals surface area contributed by atoms with Gasteiger partial charge < -0.3 is 4.74 Å². The molecule has 0 saturated carbocycles. The molecule has 0 aliphatic carbocycles. The Labute approximate surface area is 92.1 Å². The normalized spacial score (nSPS) is 9.93. The third-order valence-corrected chi connectivity index (χ3v) is 2.77. The molecule has 2 aromatic rings. The molecular formula is C12H10O2S. The summed E-state index contributed by atoms with van der Waals surface area (Å²) in [6.07, 6.45) is 0.827. The highest BCUT2D eigenvalue weighted by atomic mass is 32.1. The Morgan fingerprint density at radius 2 is 2.13 bits per heavy atom. The number of carbonyl (C=O) groups excluding carboxylic acids is 1. The number of carbonyl (C=O) groups is 1. The number of benzene rings is 1. The van der Waals surface area contributed by atoms with Crippen molar-refractivity contribution >= 4 is 17.6 Å². The Morgan fingerprint density at radius 1 is 1.27 bits per heavy atom. The predicted octanol–water partition coefficient (Wildman–Crippen LogP) is 3.66. The molecule has 0 aliphatic heterocycles. The maximum atomic E-state index is 10.5. The third-order valence-electron chi connectivity index (χ3n) is 1.94. The van der Waals surface area contributed by atoms with Gasteiger partial charge in [-0.3, -0.25) is 4.79 Å². The molecule has 15 heavy (non-hydrogen) atoms. The van der Waals surface area contributed by atoms with E-state index in [4.69, 9.17) is 4.74 Å². The van der Waals surface area contributed by atoms with Crippen molar-refractivity contribution < 1.29 is 9.53 Å². The smallest absolute Gasteiger partial charge is 0.160 e. The molecule has 2 rings (SSSR count). The first-order valence-corrected chi connectivity index (χ1v) is 5.44. The zero-order chi connectivity index (χ0) is 10.7. The van der Waals surface area contributed by atoms with Gasteiger partial charge in [-0.25, -0.2) is 0 Å². The van der Waals surface area contributed by atoms with Crippen LogP contribution in [0.1, 0.15) is 15.2 Å². The van der Waals surface area contributed by atoms with Crippen molar-refractivity contribution in [1.29, 1.82) is 0 Å². The monoisotopic (exact) mass is 218 g/mol. The predicted molar refractivity (Wildman–Crippen MR) is 61.0 cm³/mol. The molecule has 3 heteroatoms. The number of hydrogen-bond donors (Lipinski definition) is 0. The van der Waals surface area contributed by atoms with Gasteiger partial charge in [0, 0.05) is 11.4 Å². The van der Waals surface area contributed by atoms with Crippen LogP contribution in [-0.4, -0.2) is 6.29 Å². The van der Waals surface area contributed by atoms with E-state index in [1.54, 1.807) is 6.07 Å². The number of aldehydes is 1. The Kier molecular flexibility index (Phi) is 2.83. The average Bonchev–Trinajstić information content (AvgIpc) is 2.65. The van der Waals surface area contributed by atoms with Gasteiger partial charge in [-0.15, -0.1) is 11.3 Å². The van der Waals surface area contributed by atoms with Gasteiger partial charge in [0.25, 0.3) is 0 Å². The maximum Gasteiger partial charge on any atom is 0.160 e. The van der Waals surface area contributed by atoms with Crippen molar-refractivity contribution in [2.75, 3.05) is 0 Å². The third kappa shape index (κ3) is 2.44. The van der Waals surface area contributed by atoms with Crippen LogP contribution in [0.2, 0.25) is 0 Å². The summed E-state index contributed by atoms with van der Waals surface area (Å²) < 4.78 is 5.59. The van der Waals surface area contributed by atoms with Gasteiger partial charge in [0.15, 0.2) is 6.29 Å². The van der Waals surface area contributed by atoms with E-state index in [2.05, 4.69) is 0 Å². The van der Waals surface area contributed by atoms with E-state index in [1.807, 2.05) is 36.6 Å². The Bertz CT molecular complexity index is 474. The Hall–Kier alpha value is -1.61. The van der Waals surface area contributed by atoms with E-state index < -0.39 is 0 Å². The summed E-state index contributed by atoms with van der Waals surface area (Å²) in [7, 11) is 0. The second-order valence-electron chi connectivity index (χ2n) is 3.22. The molecular weight excluding hydrogens is 208 g/mol. The van der Waals surface area contributed by atoms with Gasteiger partial charge in [-0.05, 0) is 24.6 Å². The van der Waals surface area contributed by atoms with E-state index in [0.717, 1.165) is 17.6 Å². The van der Waals surface area contributed by atoms with Crippen LogP contribution in [0.3, 0.4) is 0 Å². The van der Waals surface area contributed by atoms with Crippen molar-refractivity contribution in [3.05, 3.63) is 46.2 Å². The zero-order valence-electron chi connectivity index (χ0n) is 8.27. The van der Waals surface area contributed by atoms with Gasteiger partial charge in [-0.1, -0.05) is 12.1 Å². The molecule has 0 atom stereocenters. The van der Waals surface area contributed by atoms with Crippen LogP contribution >= 0.6 is 11.3 Å². The van der Waals surface area contributed by atoms with E-state index in [1.165, 1.54) is 11.3 Å². The fraction of sp³-hybridized carbons (Fsp3) is 0.0833. The molecule has 0 saturated heterocycles. The number of ether oxygens (including phenoxy) is 1. The summed E-state index contributed by atoms with van der Waals surface area (Å²) in [5, 5.41) is 1.83. The average molecular weight is 218 g/mol. The lowest BCUT2D eigenvalue weighted by atomic mass is 10.2. The van der Waals surface area contributed by atoms with Crippen molar-refractivity contribution in [3.8, 4) is 11.5 Å². The summed E-state index contributed by atoms with van der Waals surface area (Å²) in [6, 6.07) is 9.54. The lowest BCUT2D eigenvalue weighted by molar-refractivity contribution is 0.112. The molecule has 0 aliphatic rings. The highest BCUT2D eigenvalue weighted by molar-refractivity contribution is 7.11. The van der Waals surface area contributed by atoms with E-state index in [-0.39, 0.29) is 0 Å². The molecule has 1 aromatic heterocycles. The van der Waals surface area contributed by atoms with Crippen LogP contribution in [0.25, 0.3) is 0 Å². The molecule has 76 valence electrons. The summed E-state index contributed by atoms with van der Waals surface area (Å²) in [4.78, 5) is 11.2. The molecule has 0 unspecified atom stereocenters. The first kappa shape index (κ1) is 9.93. The van der Waals surface area contributed by atoms with Gasteiger partial charge in [-0.2, -0.15) is 0 Å². The minimum atomic E-state index is 0.678. The Morgan fingerprint density at radius 3 is 2.80 bits per heavy atom. The highest BCUT2D eigenvalue weighted by Crippen LogP contribution is 2.26. The second-order valence-corrected chi connectivity index (χ2v) is 4.16. The molecule has 0 fully saturated rings. The molecule has 0 radical (unpaired) electrons. The summed E-state index contributed by atoms with van der Waals surface area (Å²) in [6.45, 7) is 2.01. The van der Waals surface area contributed by atoms with Crippen molar-refractivity contribution in [3.63, 3.8) is 0 Å². The minimum Gasteiger partial charge on any atom is -0.456 e.